The van der Waals surface area contributed by atoms with Gasteiger partial charge in [0, 0.05) is 22.3 Å². The summed E-state index contributed by atoms with van der Waals surface area (Å²) in [5.41, 5.74) is -3.01. The molecule has 0 spiro atoms. The highest BCUT2D eigenvalue weighted by atomic mass is 19.4. The summed E-state index contributed by atoms with van der Waals surface area (Å²) in [6, 6.07) is 11.2. The number of carbonyl (C=O) groups excluding carboxylic acids is 2. The van der Waals surface area contributed by atoms with Crippen LogP contribution in [-0.4, -0.2) is 31.1 Å². The van der Waals surface area contributed by atoms with Crippen LogP contribution in [0.5, 0.6) is 0 Å². The van der Waals surface area contributed by atoms with E-state index in [0.29, 0.717) is 45.4 Å². The van der Waals surface area contributed by atoms with Gasteiger partial charge in [-0.2, -0.15) is 26.3 Å². The first kappa shape index (κ1) is 41.7. The van der Waals surface area contributed by atoms with Crippen molar-refractivity contribution >= 4 is 11.6 Å². The van der Waals surface area contributed by atoms with Gasteiger partial charge in [0.1, 0.15) is 5.69 Å². The smallest absolute Gasteiger partial charge is 0.304 e. The number of alkyl halides is 6. The van der Waals surface area contributed by atoms with Crippen LogP contribution >= 0.6 is 0 Å². The molecule has 0 saturated carbocycles. The molecule has 5 rings (SSSR count). The van der Waals surface area contributed by atoms with E-state index in [2.05, 4.69) is 9.97 Å². The molecule has 0 saturated heterocycles. The van der Waals surface area contributed by atoms with Crippen molar-refractivity contribution in [2.75, 3.05) is 0 Å². The number of aromatic nitrogens is 4. The standard InChI is InChI=1S/C24H20F6N2O3.C15H16N2O3/c1-4-18-19(20(33)15-6-12(2)5-13(3)7-15)32(22(35)31-21(18)34)11-14-8-16(23(25,26)27)10-17(9-14)24(28,29)30;1-4-11-12(16-15(20)17-14(11)19)13(18)10-6-8(2)5-9(3)7-10/h5-10H,4,11H2,1-3H3,(H,31,34,35);5-7H,4H2,1-3H3,(H2,16,17,19,20). The lowest BCUT2D eigenvalue weighted by molar-refractivity contribution is -0.143. The minimum atomic E-state index is -5.09. The molecule has 0 radical (unpaired) electrons. The molecule has 0 unspecified atom stereocenters. The number of benzene rings is 3. The SMILES string of the molecule is CCc1c(C(=O)c2cc(C)cc(C)c2)[nH]c(=O)[nH]c1=O.CCc1c(C(=O)c2cc(C)cc(C)c2)n(Cc2cc(C(F)(F)F)cc(C(F)(F)F)c2)c(=O)[nH]c1=O. The predicted octanol–water partition coefficient (Wildman–Crippen LogP) is 6.51. The quantitative estimate of drug-likeness (QED) is 0.121. The molecule has 16 heteroatoms. The van der Waals surface area contributed by atoms with Gasteiger partial charge in [-0.05, 0) is 88.6 Å². The Bertz CT molecular complexity index is 2470. The highest BCUT2D eigenvalue weighted by molar-refractivity contribution is 6.09. The van der Waals surface area contributed by atoms with Crippen LogP contribution in [0.3, 0.4) is 0 Å². The van der Waals surface area contributed by atoms with E-state index in [9.17, 15) is 55.1 Å². The molecule has 0 amide bonds. The molecule has 0 aliphatic rings. The molecule has 2 heterocycles. The van der Waals surface area contributed by atoms with Gasteiger partial charge in [0.05, 0.1) is 23.4 Å². The van der Waals surface area contributed by atoms with Crippen molar-refractivity contribution in [2.24, 2.45) is 0 Å². The topological polar surface area (TPSA) is 155 Å². The number of H-pyrrole nitrogens is 3. The minimum absolute atomic E-state index is 0.0160. The predicted molar refractivity (Wildman–Crippen MR) is 192 cm³/mol. The van der Waals surface area contributed by atoms with Crippen molar-refractivity contribution in [1.29, 1.82) is 0 Å². The maximum Gasteiger partial charge on any atom is 0.416 e. The van der Waals surface area contributed by atoms with E-state index < -0.39 is 69.6 Å². The van der Waals surface area contributed by atoms with E-state index in [4.69, 9.17) is 0 Å². The summed E-state index contributed by atoms with van der Waals surface area (Å²) in [5, 5.41) is 0. The van der Waals surface area contributed by atoms with E-state index >= 15 is 0 Å². The van der Waals surface area contributed by atoms with Crippen molar-refractivity contribution in [3.63, 3.8) is 0 Å². The van der Waals surface area contributed by atoms with Crippen LogP contribution in [0.25, 0.3) is 0 Å². The second-order valence-electron chi connectivity index (χ2n) is 13.0. The summed E-state index contributed by atoms with van der Waals surface area (Å²) in [5.74, 6) is -1.09. The van der Waals surface area contributed by atoms with Crippen molar-refractivity contribution in [1.82, 2.24) is 19.5 Å². The Balaban J connectivity index is 0.000000284. The summed E-state index contributed by atoms with van der Waals surface area (Å²) < 4.78 is 80.5. The van der Waals surface area contributed by atoms with Crippen LogP contribution in [0.2, 0.25) is 0 Å². The van der Waals surface area contributed by atoms with Gasteiger partial charge in [0.15, 0.2) is 0 Å². The molecular weight excluding hydrogens is 734 g/mol. The first-order valence-corrected chi connectivity index (χ1v) is 16.8. The molecule has 0 atom stereocenters. The fraction of sp³-hybridized carbons (Fsp3) is 0.282. The van der Waals surface area contributed by atoms with Gasteiger partial charge in [-0.1, -0.05) is 48.2 Å². The molecular formula is C39H36F6N4O6. The molecule has 3 N–H and O–H groups in total. The lowest BCUT2D eigenvalue weighted by Crippen LogP contribution is -2.37. The van der Waals surface area contributed by atoms with Gasteiger partial charge >= 0.3 is 23.7 Å². The van der Waals surface area contributed by atoms with E-state index in [1.807, 2.05) is 24.9 Å². The number of aromatic amines is 3. The number of nitrogens with zero attached hydrogens (tertiary/aromatic N) is 1. The highest BCUT2D eigenvalue weighted by Gasteiger charge is 2.37. The maximum atomic E-state index is 13.4. The summed E-state index contributed by atoms with van der Waals surface area (Å²) in [6.45, 7) is 9.72. The molecule has 10 nitrogen and oxygen atoms in total. The Morgan fingerprint density at radius 1 is 0.582 bits per heavy atom. The third-order valence-electron chi connectivity index (χ3n) is 8.44. The van der Waals surface area contributed by atoms with E-state index in [1.54, 1.807) is 39.0 Å². The number of aryl methyl sites for hydroxylation is 4. The monoisotopic (exact) mass is 770 g/mol. The van der Waals surface area contributed by atoms with Gasteiger partial charge in [0.25, 0.3) is 11.1 Å². The summed E-state index contributed by atoms with van der Waals surface area (Å²) in [7, 11) is 0. The van der Waals surface area contributed by atoms with Gasteiger partial charge < -0.3 is 4.98 Å². The highest BCUT2D eigenvalue weighted by Crippen LogP contribution is 2.36. The van der Waals surface area contributed by atoms with Crippen LogP contribution in [0.15, 0.2) is 73.8 Å². The van der Waals surface area contributed by atoms with E-state index in [0.717, 1.165) is 11.1 Å². The molecule has 0 fully saturated rings. The second-order valence-corrected chi connectivity index (χ2v) is 13.0. The normalized spacial score (nSPS) is 11.6. The third-order valence-corrected chi connectivity index (χ3v) is 8.44. The molecule has 55 heavy (non-hydrogen) atoms. The van der Waals surface area contributed by atoms with Gasteiger partial charge in [0.2, 0.25) is 11.6 Å². The first-order chi connectivity index (χ1) is 25.5. The van der Waals surface area contributed by atoms with Crippen LogP contribution < -0.4 is 22.5 Å². The third kappa shape index (κ3) is 9.74. The maximum absolute atomic E-state index is 13.4. The lowest BCUT2D eigenvalue weighted by Gasteiger charge is -2.18. The number of nitrogens with one attached hydrogen (secondary N) is 3. The molecule has 290 valence electrons. The average Bonchev–Trinajstić information content (AvgIpc) is 3.07. The average molecular weight is 771 g/mol. The number of carbonyl (C=O) groups is 2. The Morgan fingerprint density at radius 2 is 1.02 bits per heavy atom. The van der Waals surface area contributed by atoms with Gasteiger partial charge in [-0.3, -0.25) is 33.7 Å². The van der Waals surface area contributed by atoms with Crippen molar-refractivity contribution < 1.29 is 35.9 Å². The number of halogens is 6. The zero-order valence-electron chi connectivity index (χ0n) is 30.5. The fourth-order valence-electron chi connectivity index (χ4n) is 6.18. The van der Waals surface area contributed by atoms with Crippen LogP contribution in [-0.2, 0) is 31.7 Å². The van der Waals surface area contributed by atoms with Gasteiger partial charge in [-0.25, -0.2) is 9.59 Å². The Kier molecular flexibility index (Phi) is 12.2. The molecule has 2 aromatic heterocycles. The summed E-state index contributed by atoms with van der Waals surface area (Å²) in [6.07, 6.45) is -9.81. The number of rotatable bonds is 8. The van der Waals surface area contributed by atoms with Crippen molar-refractivity contribution in [3.05, 3.63) is 169 Å². The number of ketones is 2. The van der Waals surface area contributed by atoms with E-state index in [-0.39, 0.29) is 35.1 Å². The van der Waals surface area contributed by atoms with Crippen molar-refractivity contribution in [3.8, 4) is 0 Å². The number of hydrogen-bond donors (Lipinski definition) is 3. The Morgan fingerprint density at radius 3 is 1.45 bits per heavy atom. The summed E-state index contributed by atoms with van der Waals surface area (Å²) >= 11 is 0. The molecule has 0 aliphatic carbocycles. The molecule has 0 bridgehead atoms. The molecule has 0 aliphatic heterocycles. The Labute approximate surface area is 308 Å². The first-order valence-electron chi connectivity index (χ1n) is 16.8. The van der Waals surface area contributed by atoms with Crippen LogP contribution in [0.4, 0.5) is 26.3 Å². The number of hydrogen-bond acceptors (Lipinski definition) is 6. The fourth-order valence-corrected chi connectivity index (χ4v) is 6.18. The minimum Gasteiger partial charge on any atom is -0.304 e. The summed E-state index contributed by atoms with van der Waals surface area (Å²) in [4.78, 5) is 80.7. The van der Waals surface area contributed by atoms with Crippen LogP contribution in [0.1, 0.15) is 96.0 Å². The molecule has 5 aromatic rings. The van der Waals surface area contributed by atoms with Crippen molar-refractivity contribution in [2.45, 2.75) is 73.3 Å². The Hall–Kier alpha value is -6.06. The largest absolute Gasteiger partial charge is 0.416 e. The molecule has 3 aromatic carbocycles. The second kappa shape index (κ2) is 16.1. The lowest BCUT2D eigenvalue weighted by atomic mass is 9.98. The zero-order valence-corrected chi connectivity index (χ0v) is 30.5. The zero-order chi connectivity index (χ0) is 41.2. The van der Waals surface area contributed by atoms with Gasteiger partial charge in [-0.15, -0.1) is 0 Å². The van der Waals surface area contributed by atoms with Crippen LogP contribution in [0, 0.1) is 27.7 Å². The van der Waals surface area contributed by atoms with E-state index in [1.165, 1.54) is 19.1 Å².